The molecule has 0 saturated heterocycles. The standard InChI is InChI=1S/C27H24BrNO2/c1-2-3-4-13-26(19-14-16-20(28)17-15-19)29-27(30)31-18-25-23-11-7-5-9-21(23)22-10-6-8-12-24(22)25/h1,5-12,14-17,25-26H,3-4,13,18H2,(H,29,30). The normalized spacial score (nSPS) is 13.0. The highest BCUT2D eigenvalue weighted by molar-refractivity contribution is 9.10. The molecule has 0 bridgehead atoms. The van der Waals surface area contributed by atoms with Crippen LogP contribution in [0, 0.1) is 12.3 Å². The van der Waals surface area contributed by atoms with E-state index in [4.69, 9.17) is 11.2 Å². The zero-order chi connectivity index (χ0) is 21.6. The van der Waals surface area contributed by atoms with Crippen molar-refractivity contribution in [3.8, 4) is 23.5 Å². The van der Waals surface area contributed by atoms with Crippen LogP contribution in [-0.2, 0) is 4.74 Å². The van der Waals surface area contributed by atoms with Gasteiger partial charge >= 0.3 is 6.09 Å². The number of terminal acetylenes is 1. The van der Waals surface area contributed by atoms with Crippen LogP contribution in [0.4, 0.5) is 4.79 Å². The second-order valence-corrected chi connectivity index (χ2v) is 8.59. The molecule has 1 aliphatic rings. The maximum Gasteiger partial charge on any atom is 0.407 e. The van der Waals surface area contributed by atoms with Gasteiger partial charge in [-0.2, -0.15) is 0 Å². The van der Waals surface area contributed by atoms with Gasteiger partial charge in [0.2, 0.25) is 0 Å². The monoisotopic (exact) mass is 473 g/mol. The van der Waals surface area contributed by atoms with Crippen molar-refractivity contribution < 1.29 is 9.53 Å². The third-order valence-electron chi connectivity index (χ3n) is 5.72. The minimum absolute atomic E-state index is 0.0470. The van der Waals surface area contributed by atoms with E-state index < -0.39 is 6.09 Å². The molecule has 0 fully saturated rings. The molecule has 0 aromatic heterocycles. The Labute approximate surface area is 192 Å². The number of nitrogens with one attached hydrogen (secondary N) is 1. The quantitative estimate of drug-likeness (QED) is 0.301. The Hall–Kier alpha value is -3.03. The van der Waals surface area contributed by atoms with E-state index >= 15 is 0 Å². The largest absolute Gasteiger partial charge is 0.449 e. The molecule has 1 atom stereocenters. The summed E-state index contributed by atoms with van der Waals surface area (Å²) in [4.78, 5) is 12.7. The topological polar surface area (TPSA) is 38.3 Å². The SMILES string of the molecule is C#CCCCC(NC(=O)OCC1c2ccccc2-c2ccccc21)c1ccc(Br)cc1. The van der Waals surface area contributed by atoms with Crippen LogP contribution < -0.4 is 5.32 Å². The number of unbranched alkanes of at least 4 members (excludes halogenated alkanes) is 1. The molecule has 0 radical (unpaired) electrons. The molecule has 3 nitrogen and oxygen atoms in total. The van der Waals surface area contributed by atoms with Gasteiger partial charge in [-0.3, -0.25) is 0 Å². The second-order valence-electron chi connectivity index (χ2n) is 7.67. The molecule has 0 aliphatic heterocycles. The Morgan fingerprint density at radius 3 is 2.23 bits per heavy atom. The first kappa shape index (κ1) is 21.2. The molecular formula is C27H24BrNO2. The number of alkyl carbamates (subject to hydrolysis) is 1. The van der Waals surface area contributed by atoms with E-state index in [1.54, 1.807) is 0 Å². The molecule has 1 aliphatic carbocycles. The molecule has 3 aromatic carbocycles. The van der Waals surface area contributed by atoms with Gasteiger partial charge in [-0.05, 0) is 52.8 Å². The van der Waals surface area contributed by atoms with Crippen molar-refractivity contribution in [2.24, 2.45) is 0 Å². The summed E-state index contributed by atoms with van der Waals surface area (Å²) in [5.74, 6) is 2.71. The molecule has 4 rings (SSSR count). The number of rotatable bonds is 7. The minimum atomic E-state index is -0.407. The van der Waals surface area contributed by atoms with E-state index in [9.17, 15) is 4.79 Å². The summed E-state index contributed by atoms with van der Waals surface area (Å²) in [5.41, 5.74) is 5.88. The molecule has 0 heterocycles. The number of halogens is 1. The molecule has 0 spiro atoms. The third-order valence-corrected chi connectivity index (χ3v) is 6.25. The van der Waals surface area contributed by atoms with E-state index in [0.717, 1.165) is 22.9 Å². The van der Waals surface area contributed by atoms with Crippen molar-refractivity contribution in [2.75, 3.05) is 6.61 Å². The number of hydrogen-bond donors (Lipinski definition) is 1. The Morgan fingerprint density at radius 2 is 1.61 bits per heavy atom. The van der Waals surface area contributed by atoms with Gasteiger partial charge in [-0.15, -0.1) is 12.3 Å². The average Bonchev–Trinajstić information content (AvgIpc) is 3.11. The van der Waals surface area contributed by atoms with Crippen molar-refractivity contribution in [2.45, 2.75) is 31.2 Å². The van der Waals surface area contributed by atoms with Gasteiger partial charge in [0.15, 0.2) is 0 Å². The number of carbonyl (C=O) groups excluding carboxylic acids is 1. The maximum atomic E-state index is 12.7. The van der Waals surface area contributed by atoms with E-state index in [2.05, 4.69) is 51.4 Å². The molecule has 1 N–H and O–H groups in total. The van der Waals surface area contributed by atoms with Crippen LogP contribution in [0.1, 0.15) is 47.9 Å². The smallest absolute Gasteiger partial charge is 0.407 e. The zero-order valence-corrected chi connectivity index (χ0v) is 18.8. The lowest BCUT2D eigenvalue weighted by Crippen LogP contribution is -2.30. The van der Waals surface area contributed by atoms with E-state index in [1.165, 1.54) is 22.3 Å². The number of ether oxygens (including phenoxy) is 1. The van der Waals surface area contributed by atoms with Crippen LogP contribution in [-0.4, -0.2) is 12.7 Å². The van der Waals surface area contributed by atoms with E-state index in [0.29, 0.717) is 13.0 Å². The zero-order valence-electron chi connectivity index (χ0n) is 17.2. The number of fused-ring (bicyclic) bond motifs is 3. The minimum Gasteiger partial charge on any atom is -0.449 e. The molecule has 156 valence electrons. The number of carbonyl (C=O) groups is 1. The lowest BCUT2D eigenvalue weighted by molar-refractivity contribution is 0.138. The number of hydrogen-bond acceptors (Lipinski definition) is 2. The fourth-order valence-electron chi connectivity index (χ4n) is 4.21. The van der Waals surface area contributed by atoms with Gasteiger partial charge in [0.1, 0.15) is 6.61 Å². The third kappa shape index (κ3) is 4.84. The lowest BCUT2D eigenvalue weighted by Gasteiger charge is -2.20. The summed E-state index contributed by atoms with van der Waals surface area (Å²) in [7, 11) is 0. The van der Waals surface area contributed by atoms with Crippen molar-refractivity contribution in [3.63, 3.8) is 0 Å². The van der Waals surface area contributed by atoms with E-state index in [-0.39, 0.29) is 12.0 Å². The molecule has 3 aromatic rings. The molecule has 31 heavy (non-hydrogen) atoms. The Balaban J connectivity index is 1.45. The predicted octanol–water partition coefficient (Wildman–Crippen LogP) is 6.83. The second kappa shape index (κ2) is 9.85. The molecule has 4 heteroatoms. The molecule has 1 unspecified atom stereocenters. The van der Waals surface area contributed by atoms with E-state index in [1.807, 2.05) is 48.5 Å². The van der Waals surface area contributed by atoms with Crippen LogP contribution in [0.15, 0.2) is 77.3 Å². The fraction of sp³-hybridized carbons (Fsp3) is 0.222. The number of amides is 1. The van der Waals surface area contributed by atoms with Gasteiger partial charge in [-0.1, -0.05) is 76.6 Å². The highest BCUT2D eigenvalue weighted by atomic mass is 79.9. The van der Waals surface area contributed by atoms with Crippen molar-refractivity contribution in [1.82, 2.24) is 5.32 Å². The van der Waals surface area contributed by atoms with Crippen LogP contribution in [0.2, 0.25) is 0 Å². The van der Waals surface area contributed by atoms with Gasteiger partial charge in [0.25, 0.3) is 0 Å². The molecular weight excluding hydrogens is 450 g/mol. The van der Waals surface area contributed by atoms with Gasteiger partial charge in [-0.25, -0.2) is 4.79 Å². The average molecular weight is 474 g/mol. The predicted molar refractivity (Wildman–Crippen MR) is 128 cm³/mol. The van der Waals surface area contributed by atoms with Gasteiger partial charge in [0.05, 0.1) is 6.04 Å². The first-order valence-electron chi connectivity index (χ1n) is 10.5. The summed E-state index contributed by atoms with van der Waals surface area (Å²) in [6.07, 6.45) is 7.27. The van der Waals surface area contributed by atoms with Crippen molar-refractivity contribution >= 4 is 22.0 Å². The maximum absolute atomic E-state index is 12.7. The van der Waals surface area contributed by atoms with Crippen LogP contribution >= 0.6 is 15.9 Å². The van der Waals surface area contributed by atoms with Crippen molar-refractivity contribution in [1.29, 1.82) is 0 Å². The van der Waals surface area contributed by atoms with Crippen molar-refractivity contribution in [3.05, 3.63) is 94.0 Å². The molecule has 0 saturated carbocycles. The first-order chi connectivity index (χ1) is 15.2. The first-order valence-corrected chi connectivity index (χ1v) is 11.3. The Morgan fingerprint density at radius 1 is 1.00 bits per heavy atom. The highest BCUT2D eigenvalue weighted by Crippen LogP contribution is 2.44. The lowest BCUT2D eigenvalue weighted by atomic mass is 9.98. The van der Waals surface area contributed by atoms with Crippen LogP contribution in [0.25, 0.3) is 11.1 Å². The summed E-state index contributed by atoms with van der Waals surface area (Å²) >= 11 is 3.46. The summed E-state index contributed by atoms with van der Waals surface area (Å²) in [5, 5.41) is 3.04. The van der Waals surface area contributed by atoms with Gasteiger partial charge in [0, 0.05) is 16.8 Å². The Kier molecular flexibility index (Phi) is 6.74. The van der Waals surface area contributed by atoms with Crippen LogP contribution in [0.5, 0.6) is 0 Å². The highest BCUT2D eigenvalue weighted by Gasteiger charge is 2.29. The summed E-state index contributed by atoms with van der Waals surface area (Å²) < 4.78 is 6.72. The Bertz CT molecular complexity index is 1060. The number of benzene rings is 3. The summed E-state index contributed by atoms with van der Waals surface area (Å²) in [6.45, 7) is 0.303. The summed E-state index contributed by atoms with van der Waals surface area (Å²) in [6, 6.07) is 24.5. The molecule has 1 amide bonds. The van der Waals surface area contributed by atoms with Gasteiger partial charge < -0.3 is 10.1 Å². The fourth-order valence-corrected chi connectivity index (χ4v) is 4.47. The van der Waals surface area contributed by atoms with Crippen LogP contribution in [0.3, 0.4) is 0 Å².